The van der Waals surface area contributed by atoms with Crippen molar-refractivity contribution in [2.24, 2.45) is 0 Å². The highest BCUT2D eigenvalue weighted by Crippen LogP contribution is 2.33. The average molecular weight is 501 g/mol. The fraction of sp³-hybridized carbons (Fsp3) is 0.107. The van der Waals surface area contributed by atoms with Gasteiger partial charge in [0.05, 0.1) is 0 Å². The monoisotopic (exact) mass is 500 g/mol. The zero-order valence-electron chi connectivity index (χ0n) is 19.4. The minimum absolute atomic E-state index is 0.282. The number of nitrogens with zero attached hydrogens (tertiary/aromatic N) is 1. The second-order valence-corrected chi connectivity index (χ2v) is 8.17. The average Bonchev–Trinajstić information content (AvgIpc) is 3.24. The zero-order valence-corrected chi connectivity index (χ0v) is 20.2. The number of aromatic nitrogens is 1. The molecule has 180 valence electrons. The lowest BCUT2D eigenvalue weighted by molar-refractivity contribution is -0.122. The van der Waals surface area contributed by atoms with E-state index in [-0.39, 0.29) is 6.47 Å². The Morgan fingerprint density at radius 1 is 1.03 bits per heavy atom. The van der Waals surface area contributed by atoms with Gasteiger partial charge in [0.25, 0.3) is 0 Å². The van der Waals surface area contributed by atoms with E-state index >= 15 is 0 Å². The number of amides is 1. The van der Waals surface area contributed by atoms with Crippen molar-refractivity contribution in [3.63, 3.8) is 0 Å². The summed E-state index contributed by atoms with van der Waals surface area (Å²) < 4.78 is 15.4. The van der Waals surface area contributed by atoms with Gasteiger partial charge in [-0.3, -0.25) is 10.1 Å². The molecular weight excluding hydrogens is 480 g/mol. The Kier molecular flexibility index (Phi) is 7.69. The first-order valence-electron chi connectivity index (χ1n) is 11.0. The molecule has 3 aromatic carbocycles. The third-order valence-corrected chi connectivity index (χ3v) is 5.73. The van der Waals surface area contributed by atoms with E-state index in [2.05, 4.69) is 27.2 Å². The topological polar surface area (TPSA) is 90.7 Å². The van der Waals surface area contributed by atoms with E-state index in [0.29, 0.717) is 27.7 Å². The summed E-state index contributed by atoms with van der Waals surface area (Å²) in [5.74, 6) is 3.15. The Balaban J connectivity index is 1.48. The maximum Gasteiger partial charge on any atom is 0.412 e. The maximum atomic E-state index is 12.6. The Hall–Kier alpha value is -4.54. The van der Waals surface area contributed by atoms with Crippen LogP contribution in [0.15, 0.2) is 77.3 Å². The molecule has 0 spiro atoms. The third-order valence-electron chi connectivity index (χ3n) is 5.38. The van der Waals surface area contributed by atoms with E-state index in [0.717, 1.165) is 22.3 Å². The summed E-state index contributed by atoms with van der Waals surface area (Å²) in [6.07, 6.45) is 1.11. The highest BCUT2D eigenvalue weighted by atomic mass is 35.5. The lowest BCUT2D eigenvalue weighted by Crippen LogP contribution is -2.17. The van der Waals surface area contributed by atoms with Gasteiger partial charge in [0.15, 0.2) is 5.76 Å². The summed E-state index contributed by atoms with van der Waals surface area (Å²) in [7, 11) is 0. The largest absolute Gasteiger partial charge is 0.441 e. The van der Waals surface area contributed by atoms with Crippen molar-refractivity contribution >= 4 is 29.9 Å². The van der Waals surface area contributed by atoms with Crippen molar-refractivity contribution in [1.29, 1.82) is 0 Å². The van der Waals surface area contributed by atoms with E-state index in [4.69, 9.17) is 20.9 Å². The fourth-order valence-corrected chi connectivity index (χ4v) is 3.84. The highest BCUT2D eigenvalue weighted by molar-refractivity contribution is 6.31. The number of carbonyl (C=O) groups excluding carboxylic acids is 2. The van der Waals surface area contributed by atoms with Crippen LogP contribution in [0.5, 0.6) is 0 Å². The van der Waals surface area contributed by atoms with Crippen LogP contribution in [-0.4, -0.2) is 17.7 Å². The molecule has 0 saturated heterocycles. The minimum Gasteiger partial charge on any atom is -0.441 e. The van der Waals surface area contributed by atoms with Crippen molar-refractivity contribution in [2.75, 3.05) is 5.32 Å². The van der Waals surface area contributed by atoms with Gasteiger partial charge in [0, 0.05) is 21.7 Å². The number of hydrogen-bond donors (Lipinski definition) is 1. The van der Waals surface area contributed by atoms with E-state index in [1.165, 1.54) is 0 Å². The summed E-state index contributed by atoms with van der Waals surface area (Å²) in [4.78, 5) is 22.8. The number of halogens is 1. The lowest BCUT2D eigenvalue weighted by Gasteiger charge is -2.15. The molecule has 1 N–H and O–H groups in total. The van der Waals surface area contributed by atoms with E-state index < -0.39 is 12.2 Å². The van der Waals surface area contributed by atoms with Crippen LogP contribution >= 0.6 is 11.6 Å². The SMILES string of the molecule is Cc1noc(-c2ccc(-c3ccc(C#COC=O)cc3)cc2)c1NC(=O)OC(C)c1ccccc1Cl. The number of ether oxygens (including phenoxy) is 2. The summed E-state index contributed by atoms with van der Waals surface area (Å²) in [6.45, 7) is 3.77. The molecule has 7 nitrogen and oxygen atoms in total. The van der Waals surface area contributed by atoms with Gasteiger partial charge in [-0.05, 0) is 49.1 Å². The van der Waals surface area contributed by atoms with Crippen LogP contribution in [0.25, 0.3) is 22.5 Å². The third kappa shape index (κ3) is 5.74. The summed E-state index contributed by atoms with van der Waals surface area (Å²) in [6, 6.07) is 22.3. The van der Waals surface area contributed by atoms with Crippen molar-refractivity contribution in [1.82, 2.24) is 5.16 Å². The van der Waals surface area contributed by atoms with Gasteiger partial charge >= 0.3 is 12.6 Å². The number of hydrogen-bond acceptors (Lipinski definition) is 6. The van der Waals surface area contributed by atoms with Crippen LogP contribution in [0.2, 0.25) is 5.02 Å². The summed E-state index contributed by atoms with van der Waals surface area (Å²) in [5, 5.41) is 7.28. The van der Waals surface area contributed by atoms with Gasteiger partial charge < -0.3 is 14.0 Å². The minimum atomic E-state index is -0.645. The number of anilines is 1. The molecule has 1 aromatic heterocycles. The second kappa shape index (κ2) is 11.3. The quantitative estimate of drug-likeness (QED) is 0.232. The molecule has 36 heavy (non-hydrogen) atoms. The van der Waals surface area contributed by atoms with Gasteiger partial charge in [-0.1, -0.05) is 71.4 Å². The molecule has 0 fully saturated rings. The van der Waals surface area contributed by atoms with Crippen LogP contribution in [0.3, 0.4) is 0 Å². The Morgan fingerprint density at radius 3 is 2.33 bits per heavy atom. The number of rotatable bonds is 6. The lowest BCUT2D eigenvalue weighted by atomic mass is 10.0. The van der Waals surface area contributed by atoms with Crippen molar-refractivity contribution in [3.05, 3.63) is 94.6 Å². The molecule has 4 aromatic rings. The van der Waals surface area contributed by atoms with Gasteiger partial charge in [0.2, 0.25) is 0 Å². The summed E-state index contributed by atoms with van der Waals surface area (Å²) >= 11 is 6.21. The molecule has 0 saturated carbocycles. The first-order valence-corrected chi connectivity index (χ1v) is 11.3. The normalized spacial score (nSPS) is 11.1. The van der Waals surface area contributed by atoms with Gasteiger partial charge in [0.1, 0.15) is 23.6 Å². The van der Waals surface area contributed by atoms with Crippen molar-refractivity contribution < 1.29 is 23.6 Å². The molecule has 1 amide bonds. The predicted octanol–water partition coefficient (Wildman–Crippen LogP) is 6.76. The Labute approximate surface area is 213 Å². The number of carbonyl (C=O) groups is 2. The predicted molar refractivity (Wildman–Crippen MR) is 136 cm³/mol. The summed E-state index contributed by atoms with van der Waals surface area (Å²) in [5.41, 5.74) is 5.07. The molecule has 8 heteroatoms. The van der Waals surface area contributed by atoms with Crippen molar-refractivity contribution in [3.8, 4) is 34.5 Å². The standard InChI is InChI=1S/C28H21ClN2O5/c1-18-26(30-28(33)35-19(2)24-5-3-4-6-25(24)29)27(36-31-18)23-13-11-22(12-14-23)21-9-7-20(8-10-21)15-16-34-17-32/h3-14,17,19H,1-2H3,(H,30,33). The smallest absolute Gasteiger partial charge is 0.412 e. The molecule has 1 atom stereocenters. The van der Waals surface area contributed by atoms with Gasteiger partial charge in [-0.25, -0.2) is 4.79 Å². The number of nitrogens with one attached hydrogen (secondary N) is 1. The van der Waals surface area contributed by atoms with Gasteiger partial charge in [-0.2, -0.15) is 0 Å². The molecule has 1 unspecified atom stereocenters. The van der Waals surface area contributed by atoms with E-state index in [1.54, 1.807) is 26.0 Å². The molecular formula is C28H21ClN2O5. The molecule has 0 radical (unpaired) electrons. The fourth-order valence-electron chi connectivity index (χ4n) is 3.55. The Bertz CT molecular complexity index is 1430. The molecule has 0 aliphatic rings. The highest BCUT2D eigenvalue weighted by Gasteiger charge is 2.20. The van der Waals surface area contributed by atoms with Crippen LogP contribution in [0.1, 0.15) is 29.8 Å². The van der Waals surface area contributed by atoms with Crippen LogP contribution in [-0.2, 0) is 14.3 Å². The van der Waals surface area contributed by atoms with Gasteiger partial charge in [-0.15, -0.1) is 0 Å². The first-order chi connectivity index (χ1) is 17.5. The molecule has 0 bridgehead atoms. The second-order valence-electron chi connectivity index (χ2n) is 7.76. The van der Waals surface area contributed by atoms with E-state index in [1.807, 2.05) is 60.7 Å². The first kappa shape index (κ1) is 24.6. The zero-order chi connectivity index (χ0) is 25.5. The maximum absolute atomic E-state index is 12.6. The number of benzene rings is 3. The Morgan fingerprint density at radius 2 is 1.67 bits per heavy atom. The van der Waals surface area contributed by atoms with Crippen LogP contribution < -0.4 is 5.32 Å². The van der Waals surface area contributed by atoms with E-state index in [9.17, 15) is 9.59 Å². The molecule has 0 aliphatic heterocycles. The van der Waals surface area contributed by atoms with Crippen molar-refractivity contribution in [2.45, 2.75) is 20.0 Å². The molecule has 0 aliphatic carbocycles. The molecule has 4 rings (SSSR count). The van der Waals surface area contributed by atoms with Crippen LogP contribution in [0.4, 0.5) is 10.5 Å². The molecule has 1 heterocycles. The van der Waals surface area contributed by atoms with Crippen LogP contribution in [0, 0.1) is 19.0 Å². The number of aryl methyl sites for hydroxylation is 1.